The third-order valence-corrected chi connectivity index (χ3v) is 4.18. The Morgan fingerprint density at radius 3 is 2.67 bits per heavy atom. The lowest BCUT2D eigenvalue weighted by molar-refractivity contribution is -0.121. The van der Waals surface area contributed by atoms with Crippen molar-refractivity contribution < 1.29 is 9.18 Å². The van der Waals surface area contributed by atoms with Gasteiger partial charge in [-0.15, -0.1) is 0 Å². The van der Waals surface area contributed by atoms with Gasteiger partial charge in [0.05, 0.1) is 6.42 Å². The maximum atomic E-state index is 13.1. The quantitative estimate of drug-likeness (QED) is 0.905. The van der Waals surface area contributed by atoms with E-state index in [-0.39, 0.29) is 23.7 Å². The Morgan fingerprint density at radius 2 is 2.00 bits per heavy atom. The van der Waals surface area contributed by atoms with Gasteiger partial charge >= 0.3 is 0 Å². The predicted octanol–water partition coefficient (Wildman–Crippen LogP) is 2.75. The molecular formula is C17H25FN2O. The Kier molecular flexibility index (Phi) is 5.34. The van der Waals surface area contributed by atoms with Gasteiger partial charge in [-0.2, -0.15) is 0 Å². The number of carbonyl (C=O) groups excluding carboxylic acids is 1. The van der Waals surface area contributed by atoms with E-state index >= 15 is 0 Å². The van der Waals surface area contributed by atoms with E-state index in [1.807, 2.05) is 0 Å². The van der Waals surface area contributed by atoms with Crippen molar-refractivity contribution in [1.82, 2.24) is 10.2 Å². The maximum absolute atomic E-state index is 13.1. The van der Waals surface area contributed by atoms with Crippen LogP contribution in [0.25, 0.3) is 0 Å². The van der Waals surface area contributed by atoms with Crippen LogP contribution >= 0.6 is 0 Å². The lowest BCUT2D eigenvalue weighted by Gasteiger charge is -2.41. The number of halogens is 1. The maximum Gasteiger partial charge on any atom is 0.224 e. The fourth-order valence-corrected chi connectivity index (χ4v) is 2.82. The fourth-order valence-electron chi connectivity index (χ4n) is 2.82. The summed E-state index contributed by atoms with van der Waals surface area (Å²) >= 11 is 0. The molecule has 1 aliphatic heterocycles. The molecule has 0 spiro atoms. The van der Waals surface area contributed by atoms with Crippen molar-refractivity contribution in [2.45, 2.75) is 45.1 Å². The zero-order chi connectivity index (χ0) is 15.3. The largest absolute Gasteiger partial charge is 0.354 e. The molecule has 0 bridgehead atoms. The van der Waals surface area contributed by atoms with Crippen molar-refractivity contribution in [2.24, 2.45) is 0 Å². The number of nitrogens with zero attached hydrogens (tertiary/aromatic N) is 1. The molecule has 0 saturated carbocycles. The molecule has 3 nitrogen and oxygen atoms in total. The molecule has 0 aromatic heterocycles. The van der Waals surface area contributed by atoms with E-state index in [0.717, 1.165) is 13.1 Å². The summed E-state index contributed by atoms with van der Waals surface area (Å²) in [5.41, 5.74) is 0.682. The highest BCUT2D eigenvalue weighted by Crippen LogP contribution is 2.19. The average Bonchev–Trinajstić information content (AvgIpc) is 2.46. The second-order valence-electron chi connectivity index (χ2n) is 6.44. The Balaban J connectivity index is 1.82. The third kappa shape index (κ3) is 4.81. The summed E-state index contributed by atoms with van der Waals surface area (Å²) < 4.78 is 13.1. The molecule has 1 heterocycles. The van der Waals surface area contributed by atoms with Crippen molar-refractivity contribution in [3.05, 3.63) is 35.6 Å². The molecule has 1 fully saturated rings. The number of hydrogen-bond acceptors (Lipinski definition) is 2. The second-order valence-corrected chi connectivity index (χ2v) is 6.44. The molecule has 116 valence electrons. The molecule has 1 amide bonds. The van der Waals surface area contributed by atoms with Crippen LogP contribution in [0, 0.1) is 5.82 Å². The van der Waals surface area contributed by atoms with E-state index in [9.17, 15) is 9.18 Å². The number of benzene rings is 1. The van der Waals surface area contributed by atoms with Gasteiger partial charge in [0.1, 0.15) is 5.82 Å². The van der Waals surface area contributed by atoms with Crippen molar-refractivity contribution in [1.29, 1.82) is 0 Å². The van der Waals surface area contributed by atoms with Crippen LogP contribution in [0.1, 0.15) is 38.7 Å². The number of amides is 1. The summed E-state index contributed by atoms with van der Waals surface area (Å²) in [7, 11) is 0. The molecule has 0 unspecified atom stereocenters. The van der Waals surface area contributed by atoms with Crippen LogP contribution in [-0.4, -0.2) is 36.0 Å². The number of rotatable bonds is 5. The summed E-state index contributed by atoms with van der Waals surface area (Å²) in [6, 6.07) is 6.21. The summed E-state index contributed by atoms with van der Waals surface area (Å²) in [6.45, 7) is 7.17. The Hall–Kier alpha value is -1.42. The molecule has 0 atom stereocenters. The standard InChI is InChI=1S/C17H25FN2O/c1-17(2,20-9-4-3-5-10-20)13-19-16(21)12-14-7-6-8-15(18)11-14/h6-8,11H,3-5,9-10,12-13H2,1-2H3,(H,19,21). The zero-order valence-corrected chi connectivity index (χ0v) is 13.0. The molecule has 4 heteroatoms. The van der Waals surface area contributed by atoms with Gasteiger partial charge in [-0.3, -0.25) is 9.69 Å². The molecular weight excluding hydrogens is 267 g/mol. The monoisotopic (exact) mass is 292 g/mol. The van der Waals surface area contributed by atoms with E-state index in [2.05, 4.69) is 24.1 Å². The lowest BCUT2D eigenvalue weighted by atomic mass is 9.98. The minimum absolute atomic E-state index is 0.0297. The molecule has 0 radical (unpaired) electrons. The van der Waals surface area contributed by atoms with Crippen LogP contribution in [0.2, 0.25) is 0 Å². The first-order chi connectivity index (χ1) is 9.97. The Bertz CT molecular complexity index is 481. The zero-order valence-electron chi connectivity index (χ0n) is 13.0. The highest BCUT2D eigenvalue weighted by atomic mass is 19.1. The fraction of sp³-hybridized carbons (Fsp3) is 0.588. The first-order valence-corrected chi connectivity index (χ1v) is 7.73. The first-order valence-electron chi connectivity index (χ1n) is 7.73. The van der Waals surface area contributed by atoms with Gasteiger partial charge in [0.2, 0.25) is 5.91 Å². The smallest absolute Gasteiger partial charge is 0.224 e. The lowest BCUT2D eigenvalue weighted by Crippen LogP contribution is -2.53. The number of likely N-dealkylation sites (tertiary alicyclic amines) is 1. The second kappa shape index (κ2) is 7.03. The molecule has 1 aliphatic rings. The minimum atomic E-state index is -0.297. The predicted molar refractivity (Wildman–Crippen MR) is 82.6 cm³/mol. The molecule has 21 heavy (non-hydrogen) atoms. The van der Waals surface area contributed by atoms with E-state index < -0.39 is 0 Å². The van der Waals surface area contributed by atoms with Gasteiger partial charge in [-0.05, 0) is 57.5 Å². The van der Waals surface area contributed by atoms with E-state index in [1.54, 1.807) is 12.1 Å². The summed E-state index contributed by atoms with van der Waals surface area (Å²) in [4.78, 5) is 14.4. The molecule has 1 aromatic rings. The summed E-state index contributed by atoms with van der Waals surface area (Å²) in [5.74, 6) is -0.348. The van der Waals surface area contributed by atoms with Crippen molar-refractivity contribution in [3.63, 3.8) is 0 Å². The van der Waals surface area contributed by atoms with E-state index in [0.29, 0.717) is 12.1 Å². The minimum Gasteiger partial charge on any atom is -0.354 e. The van der Waals surface area contributed by atoms with Crippen molar-refractivity contribution in [2.75, 3.05) is 19.6 Å². The van der Waals surface area contributed by atoms with Crippen molar-refractivity contribution >= 4 is 5.91 Å². The number of hydrogen-bond donors (Lipinski definition) is 1. The average molecular weight is 292 g/mol. The molecule has 1 saturated heterocycles. The third-order valence-electron chi connectivity index (χ3n) is 4.18. The van der Waals surface area contributed by atoms with Crippen molar-refractivity contribution in [3.8, 4) is 0 Å². The van der Waals surface area contributed by atoms with Gasteiger partial charge in [0.25, 0.3) is 0 Å². The van der Waals surface area contributed by atoms with Gasteiger partial charge < -0.3 is 5.32 Å². The van der Waals surface area contributed by atoms with Crippen LogP contribution in [0.4, 0.5) is 4.39 Å². The van der Waals surface area contributed by atoms with Gasteiger partial charge in [-0.1, -0.05) is 18.6 Å². The number of nitrogens with one attached hydrogen (secondary N) is 1. The van der Waals surface area contributed by atoms with Crippen LogP contribution in [0.5, 0.6) is 0 Å². The van der Waals surface area contributed by atoms with Crippen LogP contribution in [0.3, 0.4) is 0 Å². The highest BCUT2D eigenvalue weighted by Gasteiger charge is 2.28. The molecule has 0 aliphatic carbocycles. The normalized spacial score (nSPS) is 16.7. The Labute approximate surface area is 126 Å². The summed E-state index contributed by atoms with van der Waals surface area (Å²) in [6.07, 6.45) is 4.01. The summed E-state index contributed by atoms with van der Waals surface area (Å²) in [5, 5.41) is 2.99. The van der Waals surface area contributed by atoms with Crippen LogP contribution < -0.4 is 5.32 Å². The first kappa shape index (κ1) is 16.0. The van der Waals surface area contributed by atoms with Gasteiger partial charge in [0.15, 0.2) is 0 Å². The molecule has 2 rings (SSSR count). The van der Waals surface area contributed by atoms with Gasteiger partial charge in [-0.25, -0.2) is 4.39 Å². The Morgan fingerprint density at radius 1 is 1.29 bits per heavy atom. The van der Waals surface area contributed by atoms with Gasteiger partial charge in [0, 0.05) is 12.1 Å². The molecule has 1 aromatic carbocycles. The number of carbonyl (C=O) groups is 1. The number of piperidine rings is 1. The van der Waals surface area contributed by atoms with E-state index in [4.69, 9.17) is 0 Å². The highest BCUT2D eigenvalue weighted by molar-refractivity contribution is 5.78. The SMILES string of the molecule is CC(C)(CNC(=O)Cc1cccc(F)c1)N1CCCCC1. The van der Waals surface area contributed by atoms with Crippen LogP contribution in [-0.2, 0) is 11.2 Å². The van der Waals surface area contributed by atoms with Crippen LogP contribution in [0.15, 0.2) is 24.3 Å². The molecule has 1 N–H and O–H groups in total. The van der Waals surface area contributed by atoms with E-state index in [1.165, 1.54) is 31.4 Å². The topological polar surface area (TPSA) is 32.3 Å².